The highest BCUT2D eigenvalue weighted by Crippen LogP contribution is 2.42. The zero-order valence-electron chi connectivity index (χ0n) is 24.2. The van der Waals surface area contributed by atoms with Gasteiger partial charge >= 0.3 is 5.97 Å². The maximum absolute atomic E-state index is 14.6. The van der Waals surface area contributed by atoms with Crippen molar-refractivity contribution < 1.29 is 18.7 Å². The van der Waals surface area contributed by atoms with Gasteiger partial charge < -0.3 is 14.8 Å². The normalized spacial score (nSPS) is 19.9. The minimum atomic E-state index is -0.739. The Labute approximate surface area is 231 Å². The molecule has 1 aromatic carbocycles. The molecule has 3 aromatic rings. The van der Waals surface area contributed by atoms with Crippen molar-refractivity contribution in [3.05, 3.63) is 65.7 Å². The van der Waals surface area contributed by atoms with Gasteiger partial charge in [0.05, 0.1) is 23.3 Å². The van der Waals surface area contributed by atoms with Crippen LogP contribution in [0.3, 0.4) is 0 Å². The molecule has 1 N–H and O–H groups in total. The van der Waals surface area contributed by atoms with E-state index in [9.17, 15) is 9.18 Å². The van der Waals surface area contributed by atoms with Crippen molar-refractivity contribution in [2.45, 2.75) is 97.8 Å². The third-order valence-corrected chi connectivity index (χ3v) is 7.03. The van der Waals surface area contributed by atoms with Crippen LogP contribution in [-0.4, -0.2) is 32.4 Å². The smallest absolute Gasteiger partial charge is 0.312 e. The Hall–Kier alpha value is -3.42. The first kappa shape index (κ1) is 28.6. The fourth-order valence-electron chi connectivity index (χ4n) is 5.05. The zero-order chi connectivity index (χ0) is 28.4. The van der Waals surface area contributed by atoms with E-state index < -0.39 is 11.0 Å². The van der Waals surface area contributed by atoms with E-state index in [1.807, 2.05) is 49.7 Å². The number of halogens is 1. The van der Waals surface area contributed by atoms with Crippen LogP contribution < -0.4 is 10.1 Å². The third-order valence-electron chi connectivity index (χ3n) is 7.03. The maximum Gasteiger partial charge on any atom is 0.312 e. The van der Waals surface area contributed by atoms with Gasteiger partial charge in [-0.1, -0.05) is 18.2 Å². The Morgan fingerprint density at radius 2 is 1.77 bits per heavy atom. The van der Waals surface area contributed by atoms with E-state index in [1.165, 1.54) is 0 Å². The number of carbonyl (C=O) groups excluding carboxylic acids is 1. The first-order valence-electron chi connectivity index (χ1n) is 13.7. The highest BCUT2D eigenvalue weighted by Gasteiger charge is 2.45. The van der Waals surface area contributed by atoms with Gasteiger partial charge in [0.15, 0.2) is 11.6 Å². The number of pyridine rings is 1. The van der Waals surface area contributed by atoms with Gasteiger partial charge in [-0.15, -0.1) is 0 Å². The Morgan fingerprint density at radius 1 is 1.08 bits per heavy atom. The molecule has 0 amide bonds. The van der Waals surface area contributed by atoms with Crippen molar-refractivity contribution in [2.24, 2.45) is 5.41 Å². The summed E-state index contributed by atoms with van der Waals surface area (Å²) in [5.41, 5.74) is -0.179. The molecule has 1 aliphatic rings. The molecule has 0 atom stereocenters. The highest BCUT2D eigenvalue weighted by molar-refractivity contribution is 5.78. The van der Waals surface area contributed by atoms with Crippen molar-refractivity contribution >= 4 is 17.6 Å². The summed E-state index contributed by atoms with van der Waals surface area (Å²) in [5, 5.41) is 7.82. The molecule has 8 heteroatoms. The molecule has 39 heavy (non-hydrogen) atoms. The van der Waals surface area contributed by atoms with E-state index in [4.69, 9.17) is 14.5 Å². The number of rotatable bonds is 7. The predicted octanol–water partition coefficient (Wildman–Crippen LogP) is 7.12. The van der Waals surface area contributed by atoms with Gasteiger partial charge in [-0.2, -0.15) is 5.10 Å². The maximum atomic E-state index is 14.6. The Kier molecular flexibility index (Phi) is 8.05. The average molecular weight is 537 g/mol. The third kappa shape index (κ3) is 6.97. The van der Waals surface area contributed by atoms with Crippen LogP contribution in [0, 0.1) is 18.2 Å². The van der Waals surface area contributed by atoms with Gasteiger partial charge in [0.1, 0.15) is 17.2 Å². The van der Waals surface area contributed by atoms with E-state index in [-0.39, 0.29) is 29.2 Å². The molecule has 210 valence electrons. The largest absolute Gasteiger partial charge is 0.487 e. The second kappa shape index (κ2) is 11.0. The number of hydrogen-bond donors (Lipinski definition) is 1. The van der Waals surface area contributed by atoms with E-state index in [0.29, 0.717) is 43.5 Å². The molecule has 0 unspecified atom stereocenters. The molecular formula is C31H41FN4O3. The molecule has 0 bridgehead atoms. The average Bonchev–Trinajstić information content (AvgIpc) is 3.31. The molecule has 0 radical (unpaired) electrons. The molecule has 0 aliphatic heterocycles. The first-order valence-corrected chi connectivity index (χ1v) is 13.7. The molecule has 7 nitrogen and oxygen atoms in total. The molecular weight excluding hydrogens is 495 g/mol. The van der Waals surface area contributed by atoms with E-state index in [1.54, 1.807) is 31.3 Å². The van der Waals surface area contributed by atoms with Crippen LogP contribution in [0.2, 0.25) is 0 Å². The summed E-state index contributed by atoms with van der Waals surface area (Å²) in [4.78, 5) is 18.5. The van der Waals surface area contributed by atoms with Gasteiger partial charge in [0.25, 0.3) is 0 Å². The summed E-state index contributed by atoms with van der Waals surface area (Å²) in [5.74, 6) is 1.24. The molecule has 2 aromatic heterocycles. The minimum absolute atomic E-state index is 0.171. The summed E-state index contributed by atoms with van der Waals surface area (Å²) < 4.78 is 28.4. The zero-order valence-corrected chi connectivity index (χ0v) is 24.2. The Balaban J connectivity index is 1.53. The number of benzene rings is 1. The van der Waals surface area contributed by atoms with E-state index in [0.717, 1.165) is 11.5 Å². The van der Waals surface area contributed by atoms with Crippen LogP contribution in [-0.2, 0) is 21.5 Å². The number of nitrogens with zero attached hydrogens (tertiary/aromatic N) is 3. The van der Waals surface area contributed by atoms with E-state index >= 15 is 0 Å². The lowest BCUT2D eigenvalue weighted by Crippen LogP contribution is -2.44. The SMILES string of the molecule is Cc1cccc(OC2CCC(Cc3cccc(Nc4ccnn4C(C)(C)C)n3)(C(=O)OC(C)(C)C)CC2)c1F. The molecule has 1 aliphatic carbocycles. The Morgan fingerprint density at radius 3 is 2.44 bits per heavy atom. The summed E-state index contributed by atoms with van der Waals surface area (Å²) in [6.45, 7) is 13.6. The summed E-state index contributed by atoms with van der Waals surface area (Å²) in [6, 6.07) is 12.9. The van der Waals surface area contributed by atoms with Gasteiger partial charge in [-0.05, 0) is 97.9 Å². The summed E-state index contributed by atoms with van der Waals surface area (Å²) in [6.07, 6.45) is 4.41. The van der Waals surface area contributed by atoms with Crippen molar-refractivity contribution in [3.63, 3.8) is 0 Å². The molecule has 1 saturated carbocycles. The van der Waals surface area contributed by atoms with Crippen molar-refractivity contribution in [1.82, 2.24) is 14.8 Å². The second-order valence-corrected chi connectivity index (χ2v) is 12.6. The fraction of sp³-hybridized carbons (Fsp3) is 0.516. The highest BCUT2D eigenvalue weighted by atomic mass is 19.1. The van der Waals surface area contributed by atoms with Gasteiger partial charge in [0, 0.05) is 18.2 Å². The van der Waals surface area contributed by atoms with Crippen molar-refractivity contribution in [1.29, 1.82) is 0 Å². The topological polar surface area (TPSA) is 78.3 Å². The molecule has 1 fully saturated rings. The standard InChI is InChI=1S/C31H41FN4O3/c1-21-10-8-12-24(27(21)32)38-23-14-17-31(18-15-23,28(37)39-30(5,6)7)20-22-11-9-13-25(34-22)35-26-16-19-33-36(26)29(2,3)4/h8-13,16,19,23H,14-15,17-18,20H2,1-7H3,(H,34,35). The minimum Gasteiger partial charge on any atom is -0.487 e. The number of aryl methyl sites for hydroxylation is 1. The number of carbonyl (C=O) groups is 1. The van der Waals surface area contributed by atoms with Crippen molar-refractivity contribution in [3.8, 4) is 5.75 Å². The first-order chi connectivity index (χ1) is 18.3. The van der Waals surface area contributed by atoms with Crippen LogP contribution in [0.25, 0.3) is 0 Å². The number of anilines is 2. The monoisotopic (exact) mass is 536 g/mol. The van der Waals surface area contributed by atoms with E-state index in [2.05, 4.69) is 31.2 Å². The van der Waals surface area contributed by atoms with Gasteiger partial charge in [-0.25, -0.2) is 14.1 Å². The molecule has 4 rings (SSSR count). The van der Waals surface area contributed by atoms with Crippen LogP contribution in [0.1, 0.15) is 78.5 Å². The number of esters is 1. The lowest BCUT2D eigenvalue weighted by Gasteiger charge is -2.39. The molecule has 2 heterocycles. The second-order valence-electron chi connectivity index (χ2n) is 12.6. The predicted molar refractivity (Wildman–Crippen MR) is 151 cm³/mol. The van der Waals surface area contributed by atoms with Gasteiger partial charge in [-0.3, -0.25) is 4.79 Å². The summed E-state index contributed by atoms with van der Waals surface area (Å²) >= 11 is 0. The number of hydrogen-bond acceptors (Lipinski definition) is 6. The quantitative estimate of drug-likeness (QED) is 0.324. The lowest BCUT2D eigenvalue weighted by molar-refractivity contribution is -0.171. The van der Waals surface area contributed by atoms with Crippen LogP contribution in [0.15, 0.2) is 48.7 Å². The van der Waals surface area contributed by atoms with Crippen LogP contribution in [0.4, 0.5) is 16.0 Å². The summed E-state index contributed by atoms with van der Waals surface area (Å²) in [7, 11) is 0. The lowest BCUT2D eigenvalue weighted by atomic mass is 9.70. The number of aromatic nitrogens is 3. The van der Waals surface area contributed by atoms with Crippen LogP contribution >= 0.6 is 0 Å². The number of ether oxygens (including phenoxy) is 2. The fourth-order valence-corrected chi connectivity index (χ4v) is 5.05. The van der Waals surface area contributed by atoms with Crippen molar-refractivity contribution in [2.75, 3.05) is 5.32 Å². The Bertz CT molecular complexity index is 1300. The van der Waals surface area contributed by atoms with Gasteiger partial charge in [0.2, 0.25) is 0 Å². The molecule has 0 spiro atoms. The molecule has 0 saturated heterocycles. The van der Waals surface area contributed by atoms with Crippen LogP contribution in [0.5, 0.6) is 5.75 Å². The number of nitrogens with one attached hydrogen (secondary N) is 1.